The number of hydrogen-bond acceptors (Lipinski definition) is 2. The van der Waals surface area contributed by atoms with Gasteiger partial charge in [0.25, 0.3) is 0 Å². The molecule has 1 N–H and O–H groups in total. The molecule has 0 saturated heterocycles. The minimum atomic E-state index is -0.0341. The number of benzene rings is 1. The second-order valence-corrected chi connectivity index (χ2v) is 6.82. The zero-order chi connectivity index (χ0) is 14.4. The van der Waals surface area contributed by atoms with Gasteiger partial charge in [0.1, 0.15) is 5.82 Å². The van der Waals surface area contributed by atoms with Gasteiger partial charge in [-0.2, -0.15) is 0 Å². The fourth-order valence-electron chi connectivity index (χ4n) is 2.40. The summed E-state index contributed by atoms with van der Waals surface area (Å²) in [7, 11) is 4.09. The van der Waals surface area contributed by atoms with Gasteiger partial charge in [0.15, 0.2) is 0 Å². The third-order valence-electron chi connectivity index (χ3n) is 3.90. The Bertz CT molecular complexity index is 600. The Labute approximate surface area is 116 Å². The molecule has 0 fully saturated rings. The summed E-state index contributed by atoms with van der Waals surface area (Å²) in [6.45, 7) is 11.0. The number of rotatable bonds is 2. The predicted octanol–water partition coefficient (Wildman–Crippen LogP) is 3.33. The smallest absolute Gasteiger partial charge is 0.115 e. The van der Waals surface area contributed by atoms with E-state index in [1.165, 1.54) is 11.1 Å². The largest absolute Gasteiger partial charge is 0.331 e. The van der Waals surface area contributed by atoms with E-state index in [1.54, 1.807) is 0 Å². The summed E-state index contributed by atoms with van der Waals surface area (Å²) in [5, 5.41) is 3.34. The van der Waals surface area contributed by atoms with Gasteiger partial charge in [-0.3, -0.25) is 0 Å². The highest BCUT2D eigenvalue weighted by molar-refractivity contribution is 5.77. The Morgan fingerprint density at radius 3 is 2.26 bits per heavy atom. The van der Waals surface area contributed by atoms with Crippen molar-refractivity contribution >= 4 is 11.0 Å². The first-order valence-corrected chi connectivity index (χ1v) is 6.83. The normalized spacial score (nSPS) is 13.2. The number of aryl methyl sites for hydroxylation is 1. The van der Waals surface area contributed by atoms with Gasteiger partial charge in [-0.25, -0.2) is 4.98 Å². The molecule has 2 aromatic rings. The van der Waals surface area contributed by atoms with Gasteiger partial charge in [0.05, 0.1) is 11.0 Å². The molecule has 0 spiro atoms. The van der Waals surface area contributed by atoms with Gasteiger partial charge in [0, 0.05) is 18.0 Å². The average molecular weight is 259 g/mol. The third kappa shape index (κ3) is 2.39. The Morgan fingerprint density at radius 1 is 1.11 bits per heavy atom. The van der Waals surface area contributed by atoms with Crippen molar-refractivity contribution in [1.29, 1.82) is 0 Å². The monoisotopic (exact) mass is 259 g/mol. The van der Waals surface area contributed by atoms with E-state index in [0.29, 0.717) is 0 Å². The standard InChI is InChI=1S/C16H25N3/c1-15(2,3)14-18-12-10-11(16(4,5)17-6)8-9-13(12)19(14)7/h8-10,17H,1-7H3. The number of nitrogens with zero attached hydrogens (tertiary/aromatic N) is 2. The van der Waals surface area contributed by atoms with Crippen LogP contribution in [-0.4, -0.2) is 16.6 Å². The van der Waals surface area contributed by atoms with Crippen LogP contribution in [0.25, 0.3) is 11.0 Å². The van der Waals surface area contributed by atoms with Crippen LogP contribution in [0.4, 0.5) is 0 Å². The van der Waals surface area contributed by atoms with Crippen molar-refractivity contribution in [3.63, 3.8) is 0 Å². The van der Waals surface area contributed by atoms with E-state index in [0.717, 1.165) is 11.3 Å². The molecule has 1 heterocycles. The maximum Gasteiger partial charge on any atom is 0.115 e. The zero-order valence-corrected chi connectivity index (χ0v) is 13.1. The van der Waals surface area contributed by atoms with Crippen LogP contribution < -0.4 is 5.32 Å². The second kappa shape index (κ2) is 4.34. The molecule has 1 aromatic heterocycles. The van der Waals surface area contributed by atoms with Gasteiger partial charge in [-0.1, -0.05) is 26.8 Å². The summed E-state index contributed by atoms with van der Waals surface area (Å²) in [6.07, 6.45) is 0. The number of hydrogen-bond donors (Lipinski definition) is 1. The molecule has 0 unspecified atom stereocenters. The van der Waals surface area contributed by atoms with E-state index in [9.17, 15) is 0 Å². The Balaban J connectivity index is 2.63. The molecule has 0 atom stereocenters. The molecule has 0 bridgehead atoms. The molecule has 3 heteroatoms. The van der Waals surface area contributed by atoms with Crippen molar-refractivity contribution in [2.75, 3.05) is 7.05 Å². The van der Waals surface area contributed by atoms with Crippen LogP contribution in [0.15, 0.2) is 18.2 Å². The van der Waals surface area contributed by atoms with Crippen molar-refractivity contribution in [2.24, 2.45) is 7.05 Å². The van der Waals surface area contributed by atoms with E-state index < -0.39 is 0 Å². The maximum absolute atomic E-state index is 4.83. The molecule has 2 rings (SSSR count). The molecule has 0 aliphatic carbocycles. The van der Waals surface area contributed by atoms with E-state index in [4.69, 9.17) is 4.98 Å². The van der Waals surface area contributed by atoms with Gasteiger partial charge in [-0.15, -0.1) is 0 Å². The molecule has 0 saturated carbocycles. The highest BCUT2D eigenvalue weighted by Gasteiger charge is 2.23. The molecule has 3 nitrogen and oxygen atoms in total. The molecule has 19 heavy (non-hydrogen) atoms. The highest BCUT2D eigenvalue weighted by atomic mass is 15.1. The summed E-state index contributed by atoms with van der Waals surface area (Å²) in [5.74, 6) is 1.13. The highest BCUT2D eigenvalue weighted by Crippen LogP contribution is 2.28. The van der Waals surface area contributed by atoms with Crippen molar-refractivity contribution in [3.8, 4) is 0 Å². The molecule has 0 radical (unpaired) electrons. The first kappa shape index (κ1) is 14.1. The van der Waals surface area contributed by atoms with E-state index >= 15 is 0 Å². The summed E-state index contributed by atoms with van der Waals surface area (Å²) >= 11 is 0. The molecule has 0 aliphatic heterocycles. The number of aromatic nitrogens is 2. The minimum Gasteiger partial charge on any atom is -0.331 e. The summed E-state index contributed by atoms with van der Waals surface area (Å²) in [5.41, 5.74) is 3.56. The van der Waals surface area contributed by atoms with E-state index in [2.05, 4.69) is 69.7 Å². The van der Waals surface area contributed by atoms with Crippen molar-refractivity contribution in [3.05, 3.63) is 29.6 Å². The van der Waals surface area contributed by atoms with Crippen LogP contribution in [0, 0.1) is 0 Å². The van der Waals surface area contributed by atoms with Crippen molar-refractivity contribution in [2.45, 2.75) is 45.6 Å². The van der Waals surface area contributed by atoms with Gasteiger partial charge < -0.3 is 9.88 Å². The maximum atomic E-state index is 4.83. The second-order valence-electron chi connectivity index (χ2n) is 6.82. The Morgan fingerprint density at radius 2 is 1.74 bits per heavy atom. The molecule has 0 aliphatic rings. The minimum absolute atomic E-state index is 0.0341. The van der Waals surface area contributed by atoms with Crippen LogP contribution in [0.1, 0.15) is 46.0 Å². The van der Waals surface area contributed by atoms with Gasteiger partial charge >= 0.3 is 0 Å². The number of nitrogens with one attached hydrogen (secondary N) is 1. The predicted molar refractivity (Wildman–Crippen MR) is 81.5 cm³/mol. The Kier molecular flexibility index (Phi) is 3.21. The Hall–Kier alpha value is -1.35. The lowest BCUT2D eigenvalue weighted by atomic mass is 9.94. The van der Waals surface area contributed by atoms with Gasteiger partial charge in [0.2, 0.25) is 0 Å². The zero-order valence-electron chi connectivity index (χ0n) is 13.1. The van der Waals surface area contributed by atoms with Crippen LogP contribution >= 0.6 is 0 Å². The number of fused-ring (bicyclic) bond motifs is 1. The van der Waals surface area contributed by atoms with Crippen LogP contribution in [0.2, 0.25) is 0 Å². The molecule has 104 valence electrons. The van der Waals surface area contributed by atoms with E-state index in [1.807, 2.05) is 7.05 Å². The summed E-state index contributed by atoms with van der Waals surface area (Å²) in [4.78, 5) is 4.83. The van der Waals surface area contributed by atoms with Crippen LogP contribution in [-0.2, 0) is 18.0 Å². The SMILES string of the molecule is CNC(C)(C)c1ccc2c(c1)nc(C(C)(C)C)n2C. The summed E-state index contributed by atoms with van der Waals surface area (Å²) in [6, 6.07) is 6.56. The van der Waals surface area contributed by atoms with Crippen molar-refractivity contribution in [1.82, 2.24) is 14.9 Å². The average Bonchev–Trinajstić information content (AvgIpc) is 2.66. The number of imidazole rings is 1. The third-order valence-corrected chi connectivity index (χ3v) is 3.90. The lowest BCUT2D eigenvalue weighted by Gasteiger charge is -2.24. The van der Waals surface area contributed by atoms with Crippen LogP contribution in [0.5, 0.6) is 0 Å². The van der Waals surface area contributed by atoms with Crippen LogP contribution in [0.3, 0.4) is 0 Å². The molecular weight excluding hydrogens is 234 g/mol. The van der Waals surface area contributed by atoms with E-state index in [-0.39, 0.29) is 11.0 Å². The lowest BCUT2D eigenvalue weighted by molar-refractivity contribution is 0.445. The fraction of sp³-hybridized carbons (Fsp3) is 0.562. The molecular formula is C16H25N3. The molecule has 1 aromatic carbocycles. The fourth-order valence-corrected chi connectivity index (χ4v) is 2.40. The van der Waals surface area contributed by atoms with Crippen molar-refractivity contribution < 1.29 is 0 Å². The molecule has 0 amide bonds. The lowest BCUT2D eigenvalue weighted by Crippen LogP contribution is -2.32. The first-order valence-electron chi connectivity index (χ1n) is 6.83. The quantitative estimate of drug-likeness (QED) is 0.896. The van der Waals surface area contributed by atoms with Gasteiger partial charge in [-0.05, 0) is 38.6 Å². The first-order chi connectivity index (χ1) is 8.66. The topological polar surface area (TPSA) is 29.9 Å². The summed E-state index contributed by atoms with van der Waals surface area (Å²) < 4.78 is 2.20.